The van der Waals surface area contributed by atoms with Gasteiger partial charge in [0.1, 0.15) is 5.78 Å². The highest BCUT2D eigenvalue weighted by atomic mass is 32.2. The van der Waals surface area contributed by atoms with Gasteiger partial charge in [0.25, 0.3) is 0 Å². The van der Waals surface area contributed by atoms with Gasteiger partial charge in [0, 0.05) is 34.6 Å². The number of methoxy groups -OCH3 is 1. The Kier molecular flexibility index (Phi) is 6.05. The Morgan fingerprint density at radius 2 is 1.80 bits per heavy atom. The molecule has 0 aliphatic heterocycles. The molecular weight excluding hydrogens is 334 g/mol. The van der Waals surface area contributed by atoms with E-state index in [1.807, 2.05) is 23.9 Å². The SMILES string of the molecule is COC(=O)CCCCC(=O)[C@H]1[C@H]2CC[C@H](C2)[C@@H]1Sc1ccc(N)cc1. The van der Waals surface area contributed by atoms with E-state index in [-0.39, 0.29) is 11.9 Å². The number of Topliss-reactive ketones (excluding diaryl/α,β-unsaturated/α-hetero) is 1. The molecule has 2 fully saturated rings. The van der Waals surface area contributed by atoms with Gasteiger partial charge < -0.3 is 10.5 Å². The number of nitrogen functional groups attached to an aromatic ring is 1. The van der Waals surface area contributed by atoms with Crippen LogP contribution in [0.25, 0.3) is 0 Å². The molecule has 2 aliphatic rings. The van der Waals surface area contributed by atoms with Crippen LogP contribution in [0, 0.1) is 17.8 Å². The molecule has 1 aromatic carbocycles. The Bertz CT molecular complexity index is 616. The Labute approximate surface area is 153 Å². The van der Waals surface area contributed by atoms with Crippen molar-refractivity contribution in [1.82, 2.24) is 0 Å². The van der Waals surface area contributed by atoms with E-state index in [4.69, 9.17) is 5.73 Å². The quantitative estimate of drug-likeness (QED) is 0.429. The van der Waals surface area contributed by atoms with Gasteiger partial charge >= 0.3 is 5.97 Å². The molecule has 0 heterocycles. The fourth-order valence-electron chi connectivity index (χ4n) is 4.40. The van der Waals surface area contributed by atoms with Gasteiger partial charge in [-0.2, -0.15) is 0 Å². The van der Waals surface area contributed by atoms with Crippen molar-refractivity contribution < 1.29 is 14.3 Å². The lowest BCUT2D eigenvalue weighted by atomic mass is 9.83. The molecule has 0 unspecified atom stereocenters. The first kappa shape index (κ1) is 18.3. The van der Waals surface area contributed by atoms with Crippen LogP contribution in [0.5, 0.6) is 0 Å². The molecule has 1 aromatic rings. The molecule has 0 radical (unpaired) electrons. The van der Waals surface area contributed by atoms with Crippen molar-refractivity contribution >= 4 is 29.2 Å². The van der Waals surface area contributed by atoms with Crippen molar-refractivity contribution in [1.29, 1.82) is 0 Å². The number of hydrogen-bond donors (Lipinski definition) is 1. The molecule has 2 bridgehead atoms. The summed E-state index contributed by atoms with van der Waals surface area (Å²) in [4.78, 5) is 25.2. The maximum atomic E-state index is 12.9. The number of esters is 1. The summed E-state index contributed by atoms with van der Waals surface area (Å²) < 4.78 is 4.65. The number of carbonyl (C=O) groups excluding carboxylic acids is 2. The summed E-state index contributed by atoms with van der Waals surface area (Å²) in [5, 5.41) is 0.399. The highest BCUT2D eigenvalue weighted by Gasteiger charge is 2.50. The summed E-state index contributed by atoms with van der Waals surface area (Å²) >= 11 is 1.86. The number of unbranched alkanes of at least 4 members (excludes halogenated alkanes) is 1. The van der Waals surface area contributed by atoms with E-state index in [0.29, 0.717) is 35.7 Å². The van der Waals surface area contributed by atoms with Crippen LogP contribution in [0.3, 0.4) is 0 Å². The average molecular weight is 362 g/mol. The normalized spacial score (nSPS) is 27.4. The van der Waals surface area contributed by atoms with Gasteiger partial charge in [0.05, 0.1) is 7.11 Å². The van der Waals surface area contributed by atoms with Crippen molar-refractivity contribution in [2.45, 2.75) is 55.1 Å². The number of rotatable bonds is 8. The number of thioether (sulfide) groups is 1. The number of ether oxygens (including phenoxy) is 1. The second-order valence-electron chi connectivity index (χ2n) is 7.26. The molecule has 4 atom stereocenters. The lowest BCUT2D eigenvalue weighted by Gasteiger charge is -2.29. The van der Waals surface area contributed by atoms with Gasteiger partial charge in [-0.25, -0.2) is 0 Å². The van der Waals surface area contributed by atoms with Gasteiger partial charge in [0.2, 0.25) is 0 Å². The maximum absolute atomic E-state index is 12.9. The van der Waals surface area contributed by atoms with E-state index in [9.17, 15) is 9.59 Å². The molecule has 2 saturated carbocycles. The predicted molar refractivity (Wildman–Crippen MR) is 100 cm³/mol. The number of carbonyl (C=O) groups is 2. The zero-order valence-corrected chi connectivity index (χ0v) is 15.6. The van der Waals surface area contributed by atoms with E-state index >= 15 is 0 Å². The van der Waals surface area contributed by atoms with Gasteiger partial charge in [-0.1, -0.05) is 0 Å². The van der Waals surface area contributed by atoms with Crippen molar-refractivity contribution in [2.24, 2.45) is 17.8 Å². The van der Waals surface area contributed by atoms with Crippen LogP contribution in [0.15, 0.2) is 29.2 Å². The Balaban J connectivity index is 1.57. The first-order valence-electron chi connectivity index (χ1n) is 9.20. The minimum absolute atomic E-state index is 0.180. The number of nitrogens with two attached hydrogens (primary N) is 1. The predicted octanol–water partition coefficient (Wildman–Crippen LogP) is 4.08. The van der Waals surface area contributed by atoms with Gasteiger partial charge in [-0.15, -0.1) is 11.8 Å². The number of hydrogen-bond acceptors (Lipinski definition) is 5. The first-order chi connectivity index (χ1) is 12.1. The summed E-state index contributed by atoms with van der Waals surface area (Å²) in [6, 6.07) is 7.98. The summed E-state index contributed by atoms with van der Waals surface area (Å²) in [7, 11) is 1.40. The van der Waals surface area contributed by atoms with Crippen molar-refractivity contribution in [3.8, 4) is 0 Å². The van der Waals surface area contributed by atoms with E-state index in [1.54, 1.807) is 0 Å². The average Bonchev–Trinajstić information content (AvgIpc) is 3.21. The number of benzene rings is 1. The second kappa shape index (κ2) is 8.26. The zero-order chi connectivity index (χ0) is 17.8. The minimum atomic E-state index is -0.191. The van der Waals surface area contributed by atoms with Crippen LogP contribution >= 0.6 is 11.8 Å². The fourth-order valence-corrected chi connectivity index (χ4v) is 5.96. The van der Waals surface area contributed by atoms with Crippen LogP contribution in [0.1, 0.15) is 44.9 Å². The number of ketones is 1. The molecule has 3 rings (SSSR count). The molecule has 0 amide bonds. The minimum Gasteiger partial charge on any atom is -0.469 e. The van der Waals surface area contributed by atoms with Crippen LogP contribution < -0.4 is 5.73 Å². The highest BCUT2D eigenvalue weighted by molar-refractivity contribution is 8.00. The van der Waals surface area contributed by atoms with E-state index in [1.165, 1.54) is 31.3 Å². The molecule has 136 valence electrons. The molecule has 2 aliphatic carbocycles. The summed E-state index contributed by atoms with van der Waals surface area (Å²) in [5.74, 6) is 1.61. The smallest absolute Gasteiger partial charge is 0.305 e. The van der Waals surface area contributed by atoms with Crippen LogP contribution in [-0.2, 0) is 14.3 Å². The standard InChI is InChI=1S/C20H27NO3S/c1-24-18(23)5-3-2-4-17(22)19-13-6-7-14(12-13)20(19)25-16-10-8-15(21)9-11-16/h8-11,13-14,19-20H,2-7,12,21H2,1H3/t13-,14+,19+,20-/m0/s1. The third-order valence-electron chi connectivity index (χ3n) is 5.65. The van der Waals surface area contributed by atoms with Crippen molar-refractivity contribution in [3.63, 3.8) is 0 Å². The molecular formula is C20H27NO3S. The van der Waals surface area contributed by atoms with Crippen LogP contribution in [0.4, 0.5) is 5.69 Å². The van der Waals surface area contributed by atoms with E-state index in [2.05, 4.69) is 16.9 Å². The lowest BCUT2D eigenvalue weighted by molar-refractivity contribution is -0.140. The molecule has 25 heavy (non-hydrogen) atoms. The molecule has 0 spiro atoms. The van der Waals surface area contributed by atoms with Crippen molar-refractivity contribution in [3.05, 3.63) is 24.3 Å². The summed E-state index contributed by atoms with van der Waals surface area (Å²) in [6.45, 7) is 0. The lowest BCUT2D eigenvalue weighted by Crippen LogP contribution is -2.31. The first-order valence-corrected chi connectivity index (χ1v) is 10.1. The van der Waals surface area contributed by atoms with Gasteiger partial charge in [-0.3, -0.25) is 9.59 Å². The molecule has 4 nitrogen and oxygen atoms in total. The zero-order valence-electron chi connectivity index (χ0n) is 14.8. The molecule has 2 N–H and O–H groups in total. The Morgan fingerprint density at radius 3 is 2.52 bits per heavy atom. The van der Waals surface area contributed by atoms with Gasteiger partial charge in [-0.05, 0) is 68.2 Å². The van der Waals surface area contributed by atoms with E-state index < -0.39 is 0 Å². The van der Waals surface area contributed by atoms with Crippen molar-refractivity contribution in [2.75, 3.05) is 12.8 Å². The third kappa shape index (κ3) is 4.38. The third-order valence-corrected chi connectivity index (χ3v) is 7.14. The second-order valence-corrected chi connectivity index (χ2v) is 8.51. The van der Waals surface area contributed by atoms with Gasteiger partial charge in [0.15, 0.2) is 0 Å². The maximum Gasteiger partial charge on any atom is 0.305 e. The summed E-state index contributed by atoms with van der Waals surface area (Å²) in [6.07, 6.45) is 6.15. The highest BCUT2D eigenvalue weighted by Crippen LogP contribution is 2.55. The fraction of sp³-hybridized carbons (Fsp3) is 0.600. The van der Waals surface area contributed by atoms with Crippen LogP contribution in [-0.4, -0.2) is 24.1 Å². The number of anilines is 1. The molecule has 0 aromatic heterocycles. The Hall–Kier alpha value is -1.49. The monoisotopic (exact) mass is 361 g/mol. The van der Waals surface area contributed by atoms with E-state index in [0.717, 1.165) is 18.5 Å². The molecule has 5 heteroatoms. The largest absolute Gasteiger partial charge is 0.469 e. The number of fused-ring (bicyclic) bond motifs is 2. The topological polar surface area (TPSA) is 69.4 Å². The molecule has 0 saturated heterocycles. The van der Waals surface area contributed by atoms with Crippen LogP contribution in [0.2, 0.25) is 0 Å². The Morgan fingerprint density at radius 1 is 1.12 bits per heavy atom. The summed E-state index contributed by atoms with van der Waals surface area (Å²) in [5.41, 5.74) is 6.55.